The van der Waals surface area contributed by atoms with Crippen LogP contribution in [0, 0.1) is 0 Å². The Balaban J connectivity index is 1.02. The molecule has 0 saturated carbocycles. The topological polar surface area (TPSA) is 15.3 Å². The molecule has 2 heterocycles. The minimum absolute atomic E-state index is 1.00. The number of hydrogen-bond acceptors (Lipinski definition) is 4. The van der Waals surface area contributed by atoms with Crippen LogP contribution in [0.3, 0.4) is 0 Å². The molecule has 0 amide bonds. The monoisotopic (exact) mass is 639 g/mol. The molecule has 0 bridgehead atoms. The number of hydrogen-bond donors (Lipinski definition) is 0. The van der Waals surface area contributed by atoms with Crippen molar-refractivity contribution in [3.63, 3.8) is 0 Å². The fraction of sp³-hybridized carbons (Fsp3) is 0.359. The van der Waals surface area contributed by atoms with E-state index in [0.717, 1.165) is 26.2 Å². The average molecular weight is 640 g/mol. The van der Waals surface area contributed by atoms with Crippen LogP contribution in [0.25, 0.3) is 24.3 Å². The number of pyridine rings is 1. The Kier molecular flexibility index (Phi) is 14.8. The highest BCUT2D eigenvalue weighted by Gasteiger charge is 2.03. The molecule has 238 valence electrons. The Morgan fingerprint density at radius 3 is 1.51 bits per heavy atom. The number of rotatable bonds is 19. The molecule has 0 N–H and O–H groups in total. The van der Waals surface area contributed by atoms with Gasteiger partial charge in [-0.15, -0.1) is 0 Å². The Hall–Kier alpha value is -3.35. The smallest absolute Gasteiger partial charge is 0.169 e. The van der Waals surface area contributed by atoms with Gasteiger partial charge in [0.2, 0.25) is 0 Å². The molecule has 2 aromatic heterocycles. The summed E-state index contributed by atoms with van der Waals surface area (Å²) >= 11 is 0. The summed E-state index contributed by atoms with van der Waals surface area (Å²) < 4.78 is 4.37. The first-order valence-corrected chi connectivity index (χ1v) is 18.9. The van der Waals surface area contributed by atoms with E-state index in [-0.39, 0.29) is 0 Å². The minimum atomic E-state index is 1.00. The molecule has 0 aliphatic rings. The average Bonchev–Trinajstić information content (AvgIpc) is 3.56. The van der Waals surface area contributed by atoms with Gasteiger partial charge < -0.3 is 14.4 Å². The molecule has 0 atom stereocenters. The molecule has 6 heteroatoms. The number of nitrogens with zero attached hydrogens (tertiary/aromatic N) is 4. The Morgan fingerprint density at radius 2 is 1.07 bits per heavy atom. The molecule has 0 aliphatic carbocycles. The van der Waals surface area contributed by atoms with Crippen LogP contribution >= 0.6 is 21.6 Å². The Bertz CT molecular complexity index is 1440. The zero-order valence-corrected chi connectivity index (χ0v) is 29.3. The van der Waals surface area contributed by atoms with E-state index in [4.69, 9.17) is 0 Å². The third-order valence-corrected chi connectivity index (χ3v) is 10.6. The zero-order valence-electron chi connectivity index (χ0n) is 27.6. The summed E-state index contributed by atoms with van der Waals surface area (Å²) in [6, 6.07) is 24.3. The second-order valence-electron chi connectivity index (χ2n) is 11.5. The second kappa shape index (κ2) is 19.2. The van der Waals surface area contributed by atoms with E-state index >= 15 is 0 Å². The van der Waals surface area contributed by atoms with Crippen molar-refractivity contribution in [3.05, 3.63) is 114 Å². The molecule has 4 nitrogen and oxygen atoms in total. The predicted octanol–water partition coefficient (Wildman–Crippen LogP) is 9.67. The third-order valence-electron chi connectivity index (χ3n) is 8.05. The summed E-state index contributed by atoms with van der Waals surface area (Å²) in [4.78, 5) is 4.75. The van der Waals surface area contributed by atoms with Gasteiger partial charge in [0.25, 0.3) is 0 Å². The van der Waals surface area contributed by atoms with Gasteiger partial charge in [0, 0.05) is 81.1 Å². The maximum absolute atomic E-state index is 2.37. The molecule has 2 aromatic carbocycles. The molecule has 4 rings (SSSR count). The SMILES string of the molecule is CCn1ccc(/C=C/c2ccc(N(C)CCCCSSCCCCN(C)c3ccc(/C=C/c4cc[n+](CC)cc4)cc3)cc2)c1. The van der Waals surface area contributed by atoms with E-state index in [1.807, 2.05) is 21.6 Å². The lowest BCUT2D eigenvalue weighted by Gasteiger charge is -2.19. The highest BCUT2D eigenvalue weighted by Crippen LogP contribution is 2.25. The van der Waals surface area contributed by atoms with Gasteiger partial charge in [0.1, 0.15) is 6.54 Å². The van der Waals surface area contributed by atoms with Crippen molar-refractivity contribution >= 4 is 57.3 Å². The van der Waals surface area contributed by atoms with Crippen molar-refractivity contribution in [3.8, 4) is 0 Å². The van der Waals surface area contributed by atoms with Crippen LogP contribution in [0.15, 0.2) is 91.5 Å². The van der Waals surface area contributed by atoms with E-state index in [1.54, 1.807) is 0 Å². The lowest BCUT2D eigenvalue weighted by Crippen LogP contribution is -2.30. The van der Waals surface area contributed by atoms with Gasteiger partial charge in [-0.25, -0.2) is 4.57 Å². The molecule has 0 spiro atoms. The van der Waals surface area contributed by atoms with Crippen molar-refractivity contribution in [2.45, 2.75) is 52.6 Å². The summed E-state index contributed by atoms with van der Waals surface area (Å²) in [5, 5.41) is 0. The number of unbranched alkanes of at least 4 members (excludes halogenated alkanes) is 2. The normalized spacial score (nSPS) is 11.6. The van der Waals surface area contributed by atoms with Gasteiger partial charge >= 0.3 is 0 Å². The van der Waals surface area contributed by atoms with Crippen LogP contribution in [0.5, 0.6) is 0 Å². The predicted molar refractivity (Wildman–Crippen MR) is 203 cm³/mol. The van der Waals surface area contributed by atoms with Gasteiger partial charge in [-0.05, 0) is 92.1 Å². The van der Waals surface area contributed by atoms with Crippen LogP contribution in [-0.4, -0.2) is 43.3 Å². The zero-order chi connectivity index (χ0) is 31.7. The third kappa shape index (κ3) is 12.2. The molecule has 45 heavy (non-hydrogen) atoms. The summed E-state index contributed by atoms with van der Waals surface area (Å²) in [5.41, 5.74) is 7.52. The van der Waals surface area contributed by atoms with E-state index in [0.29, 0.717) is 0 Å². The number of aromatic nitrogens is 2. The molecule has 4 aromatic rings. The van der Waals surface area contributed by atoms with Crippen LogP contribution in [0.4, 0.5) is 11.4 Å². The maximum Gasteiger partial charge on any atom is 0.169 e. The fourth-order valence-electron chi connectivity index (χ4n) is 5.01. The number of anilines is 2. The van der Waals surface area contributed by atoms with Gasteiger partial charge in [-0.1, -0.05) is 70.2 Å². The first kappa shape index (κ1) is 34.5. The van der Waals surface area contributed by atoms with Crippen molar-refractivity contribution in [1.82, 2.24) is 4.57 Å². The van der Waals surface area contributed by atoms with E-state index in [1.165, 1.54) is 70.8 Å². The molecule has 0 aliphatic heterocycles. The molecular formula is C39H51N4S2+. The van der Waals surface area contributed by atoms with Crippen LogP contribution < -0.4 is 14.4 Å². The maximum atomic E-state index is 2.37. The van der Waals surface area contributed by atoms with Gasteiger partial charge in [-0.2, -0.15) is 0 Å². The summed E-state index contributed by atoms with van der Waals surface area (Å²) in [5.74, 6) is 2.46. The van der Waals surface area contributed by atoms with Gasteiger partial charge in [0.05, 0.1) is 0 Å². The van der Waals surface area contributed by atoms with Crippen molar-refractivity contribution < 1.29 is 4.57 Å². The first-order chi connectivity index (χ1) is 22.0. The Morgan fingerprint density at radius 1 is 0.600 bits per heavy atom. The second-order valence-corrected chi connectivity index (χ2v) is 14.2. The summed E-state index contributed by atoms with van der Waals surface area (Å²) in [6.07, 6.45) is 22.3. The first-order valence-electron chi connectivity index (χ1n) is 16.4. The molecule has 0 unspecified atom stereocenters. The molecule has 0 fully saturated rings. The highest BCUT2D eigenvalue weighted by molar-refractivity contribution is 8.76. The van der Waals surface area contributed by atoms with Crippen molar-refractivity contribution in [1.29, 1.82) is 0 Å². The van der Waals surface area contributed by atoms with E-state index in [9.17, 15) is 0 Å². The van der Waals surface area contributed by atoms with E-state index in [2.05, 4.69) is 163 Å². The fourth-order valence-corrected chi connectivity index (χ4v) is 7.30. The number of aryl methyl sites for hydroxylation is 2. The molecule has 0 saturated heterocycles. The minimum Gasteiger partial charge on any atom is -0.375 e. The lowest BCUT2D eigenvalue weighted by molar-refractivity contribution is -0.693. The van der Waals surface area contributed by atoms with E-state index < -0.39 is 0 Å². The standard InChI is InChI=1S/C39H51N4S2/c1-5-42-28-23-36(24-29-42)12-11-34-15-19-38(20-16-34)40(3)26-7-9-31-44-45-32-10-8-27-41(4)39-21-17-35(18-22-39)13-14-37-25-30-43(6-2)33-37/h11-25,28-30,33H,5-10,26-27,31-32H2,1-4H3/q+1/b14-13+. The largest absolute Gasteiger partial charge is 0.375 e. The number of benzene rings is 2. The van der Waals surface area contributed by atoms with Gasteiger partial charge in [-0.3, -0.25) is 0 Å². The Labute approximate surface area is 280 Å². The molecular weight excluding hydrogens is 589 g/mol. The quantitative estimate of drug-likeness (QED) is 0.0576. The van der Waals surface area contributed by atoms with Crippen molar-refractivity contribution in [2.24, 2.45) is 0 Å². The summed E-state index contributed by atoms with van der Waals surface area (Å²) in [6.45, 7) is 8.52. The lowest BCUT2D eigenvalue weighted by atomic mass is 10.1. The van der Waals surface area contributed by atoms with Gasteiger partial charge in [0.15, 0.2) is 12.4 Å². The van der Waals surface area contributed by atoms with Crippen LogP contribution in [-0.2, 0) is 13.1 Å². The molecule has 0 radical (unpaired) electrons. The van der Waals surface area contributed by atoms with Crippen LogP contribution in [0.2, 0.25) is 0 Å². The van der Waals surface area contributed by atoms with Crippen molar-refractivity contribution in [2.75, 3.05) is 48.5 Å². The highest BCUT2D eigenvalue weighted by atomic mass is 33.1. The van der Waals surface area contributed by atoms with Crippen LogP contribution in [0.1, 0.15) is 61.8 Å². The summed E-state index contributed by atoms with van der Waals surface area (Å²) in [7, 11) is 8.48.